The van der Waals surface area contributed by atoms with E-state index in [4.69, 9.17) is 39.4 Å². The number of aliphatic carboxylic acids is 3. The standard InChI is InChI=1S/C26H30N2O4.C6H8O7/c1-17-6-5-11-27-25(17)22-14-19-15-23(30-3)24(31-4)16-21(19)26(28-22)18-7-9-20(10-8-18)32-13-12-29-2;7-3(8)1-6(13,5(11)12)2-4(9)10/h5-11,15-16,22,26,28H,12-14H2,1-4H3;13H,1-2H2,(H,7,8)(H,9,10)(H,11,12)/t22-,26-;/m0./s1. The van der Waals surface area contributed by atoms with Crippen LogP contribution in [-0.2, 0) is 25.5 Å². The molecule has 13 heteroatoms. The molecule has 0 fully saturated rings. The van der Waals surface area contributed by atoms with Crippen molar-refractivity contribution < 1.29 is 53.8 Å². The summed E-state index contributed by atoms with van der Waals surface area (Å²) in [6.07, 6.45) is 0.390. The highest BCUT2D eigenvalue weighted by Crippen LogP contribution is 2.41. The molecule has 0 radical (unpaired) electrons. The summed E-state index contributed by atoms with van der Waals surface area (Å²) in [4.78, 5) is 35.2. The van der Waals surface area contributed by atoms with Gasteiger partial charge in [-0.1, -0.05) is 18.2 Å². The number of nitrogens with zero attached hydrogens (tertiary/aromatic N) is 1. The van der Waals surface area contributed by atoms with Crippen LogP contribution in [0.2, 0.25) is 0 Å². The van der Waals surface area contributed by atoms with Crippen molar-refractivity contribution in [3.05, 3.63) is 82.7 Å². The molecule has 2 aromatic carbocycles. The summed E-state index contributed by atoms with van der Waals surface area (Å²) in [5, 5.41) is 37.6. The number of aromatic nitrogens is 1. The molecule has 3 aromatic rings. The average Bonchev–Trinajstić information content (AvgIpc) is 3.00. The van der Waals surface area contributed by atoms with E-state index in [-0.39, 0.29) is 12.1 Å². The van der Waals surface area contributed by atoms with E-state index in [2.05, 4.69) is 47.6 Å². The summed E-state index contributed by atoms with van der Waals surface area (Å²) in [6.45, 7) is 3.19. The maximum Gasteiger partial charge on any atom is 0.336 e. The molecule has 0 saturated heterocycles. The van der Waals surface area contributed by atoms with E-state index in [0.717, 1.165) is 34.9 Å². The highest BCUT2D eigenvalue weighted by molar-refractivity contribution is 5.88. The molecule has 2 heterocycles. The van der Waals surface area contributed by atoms with Crippen LogP contribution < -0.4 is 19.5 Å². The van der Waals surface area contributed by atoms with Crippen LogP contribution in [0.25, 0.3) is 0 Å². The van der Waals surface area contributed by atoms with Crippen molar-refractivity contribution in [2.75, 3.05) is 34.5 Å². The normalized spacial score (nSPS) is 15.6. The summed E-state index contributed by atoms with van der Waals surface area (Å²) in [5.74, 6) is -2.73. The third-order valence-electron chi connectivity index (χ3n) is 7.18. The average molecular weight is 627 g/mol. The lowest BCUT2D eigenvalue weighted by molar-refractivity contribution is -0.170. The third kappa shape index (κ3) is 9.14. The van der Waals surface area contributed by atoms with E-state index in [0.29, 0.717) is 13.2 Å². The number of methoxy groups -OCH3 is 3. The van der Waals surface area contributed by atoms with Crippen LogP contribution >= 0.6 is 0 Å². The first-order valence-corrected chi connectivity index (χ1v) is 14.0. The summed E-state index contributed by atoms with van der Waals surface area (Å²) >= 11 is 0. The van der Waals surface area contributed by atoms with Gasteiger partial charge in [0.15, 0.2) is 17.1 Å². The van der Waals surface area contributed by atoms with E-state index in [9.17, 15) is 14.4 Å². The zero-order valence-electron chi connectivity index (χ0n) is 25.5. The fourth-order valence-corrected chi connectivity index (χ4v) is 4.98. The predicted molar refractivity (Wildman–Crippen MR) is 161 cm³/mol. The van der Waals surface area contributed by atoms with Gasteiger partial charge in [0.25, 0.3) is 0 Å². The van der Waals surface area contributed by atoms with Gasteiger partial charge in [-0.2, -0.15) is 0 Å². The Labute approximate surface area is 260 Å². The molecule has 1 aliphatic heterocycles. The molecule has 1 aromatic heterocycles. The quantitative estimate of drug-likeness (QED) is 0.174. The molecule has 45 heavy (non-hydrogen) atoms. The van der Waals surface area contributed by atoms with E-state index >= 15 is 0 Å². The Morgan fingerprint density at radius 3 is 2.09 bits per heavy atom. The van der Waals surface area contributed by atoms with Crippen molar-refractivity contribution >= 4 is 17.9 Å². The van der Waals surface area contributed by atoms with Gasteiger partial charge < -0.3 is 39.4 Å². The minimum atomic E-state index is -2.74. The SMILES string of the molecule is COCCOc1ccc([C@@H]2N[C@H](c3ncccc3C)Cc3cc(OC)c(OC)cc32)cc1.O=C(O)CC(O)(CC(=O)O)C(=O)O. The minimum Gasteiger partial charge on any atom is -0.493 e. The largest absolute Gasteiger partial charge is 0.493 e. The number of carbonyl (C=O) groups is 3. The second kappa shape index (κ2) is 15.8. The molecule has 242 valence electrons. The number of hydrogen-bond donors (Lipinski definition) is 5. The Kier molecular flexibility index (Phi) is 12.2. The van der Waals surface area contributed by atoms with Crippen molar-refractivity contribution in [2.24, 2.45) is 0 Å². The number of ether oxygens (including phenoxy) is 4. The lowest BCUT2D eigenvalue weighted by atomic mass is 9.84. The number of aryl methyl sites for hydroxylation is 1. The van der Waals surface area contributed by atoms with Gasteiger partial charge in [-0.3, -0.25) is 19.9 Å². The molecule has 0 unspecified atom stereocenters. The lowest BCUT2D eigenvalue weighted by Crippen LogP contribution is -2.42. The van der Waals surface area contributed by atoms with Gasteiger partial charge in [-0.15, -0.1) is 0 Å². The zero-order chi connectivity index (χ0) is 33.1. The van der Waals surface area contributed by atoms with Crippen LogP contribution in [0.15, 0.2) is 54.7 Å². The number of aliphatic hydroxyl groups is 1. The molecule has 0 saturated carbocycles. The first-order chi connectivity index (χ1) is 21.4. The molecule has 0 amide bonds. The number of pyridine rings is 1. The monoisotopic (exact) mass is 626 g/mol. The molecule has 1 aliphatic rings. The first kappa shape index (κ1) is 34.8. The number of carboxylic acid groups (broad SMARTS) is 3. The van der Waals surface area contributed by atoms with E-state index < -0.39 is 36.4 Å². The molecular weight excluding hydrogens is 588 g/mol. The van der Waals surface area contributed by atoms with Crippen LogP contribution in [0.5, 0.6) is 17.2 Å². The fourth-order valence-electron chi connectivity index (χ4n) is 4.98. The molecule has 0 spiro atoms. The van der Waals surface area contributed by atoms with Gasteiger partial charge in [0.1, 0.15) is 12.4 Å². The molecule has 5 N–H and O–H groups in total. The van der Waals surface area contributed by atoms with Crippen molar-refractivity contribution in [3.8, 4) is 17.2 Å². The van der Waals surface area contributed by atoms with Gasteiger partial charge in [0, 0.05) is 13.3 Å². The fraction of sp³-hybridized carbons (Fsp3) is 0.375. The van der Waals surface area contributed by atoms with Crippen molar-refractivity contribution in [1.29, 1.82) is 0 Å². The lowest BCUT2D eigenvalue weighted by Gasteiger charge is -2.34. The van der Waals surface area contributed by atoms with Crippen molar-refractivity contribution in [2.45, 2.75) is 43.9 Å². The Morgan fingerprint density at radius 2 is 1.56 bits per heavy atom. The van der Waals surface area contributed by atoms with Gasteiger partial charge in [0.2, 0.25) is 0 Å². The maximum absolute atomic E-state index is 10.3. The molecule has 13 nitrogen and oxygen atoms in total. The second-order valence-electron chi connectivity index (χ2n) is 10.4. The summed E-state index contributed by atoms with van der Waals surface area (Å²) < 4.78 is 22.0. The minimum absolute atomic E-state index is 0.0158. The van der Waals surface area contributed by atoms with Crippen LogP contribution in [0, 0.1) is 6.92 Å². The van der Waals surface area contributed by atoms with Gasteiger partial charge in [0.05, 0.1) is 51.4 Å². The van der Waals surface area contributed by atoms with Crippen LogP contribution in [0.3, 0.4) is 0 Å². The maximum atomic E-state index is 10.3. The highest BCUT2D eigenvalue weighted by atomic mass is 16.5. The summed E-state index contributed by atoms with van der Waals surface area (Å²) in [6, 6.07) is 16.5. The van der Waals surface area contributed by atoms with Crippen LogP contribution in [0.4, 0.5) is 0 Å². The van der Waals surface area contributed by atoms with Gasteiger partial charge >= 0.3 is 17.9 Å². The van der Waals surface area contributed by atoms with E-state index in [1.807, 2.05) is 24.4 Å². The van der Waals surface area contributed by atoms with Crippen molar-refractivity contribution in [3.63, 3.8) is 0 Å². The highest BCUT2D eigenvalue weighted by Gasteiger charge is 2.40. The topological polar surface area (TPSA) is 194 Å². The van der Waals surface area contributed by atoms with Crippen LogP contribution in [-0.4, -0.2) is 83.5 Å². The van der Waals surface area contributed by atoms with E-state index in [1.54, 1.807) is 21.3 Å². The van der Waals surface area contributed by atoms with Gasteiger partial charge in [-0.25, -0.2) is 4.79 Å². The Balaban J connectivity index is 0.000000360. The zero-order valence-corrected chi connectivity index (χ0v) is 25.5. The molecule has 0 aliphatic carbocycles. The number of nitrogens with one attached hydrogen (secondary N) is 1. The third-order valence-corrected chi connectivity index (χ3v) is 7.18. The number of hydrogen-bond acceptors (Lipinski definition) is 10. The molecule has 2 atom stereocenters. The van der Waals surface area contributed by atoms with Crippen molar-refractivity contribution in [1.82, 2.24) is 10.3 Å². The van der Waals surface area contributed by atoms with Gasteiger partial charge in [-0.05, 0) is 65.9 Å². The second-order valence-corrected chi connectivity index (χ2v) is 10.4. The summed E-state index contributed by atoms with van der Waals surface area (Å²) in [5.41, 5.74) is 3.06. The molecule has 4 rings (SSSR count). The summed E-state index contributed by atoms with van der Waals surface area (Å²) in [7, 11) is 5.01. The number of rotatable bonds is 13. The Bertz CT molecular complexity index is 1460. The Hall–Kier alpha value is -4.72. The smallest absolute Gasteiger partial charge is 0.336 e. The molecular formula is C32H38N2O11. The number of benzene rings is 2. The predicted octanol–water partition coefficient (Wildman–Crippen LogP) is 3.16. The number of carboxylic acids is 3. The molecule has 0 bridgehead atoms. The first-order valence-electron chi connectivity index (χ1n) is 14.0. The van der Waals surface area contributed by atoms with Crippen LogP contribution in [0.1, 0.15) is 52.9 Å². The number of fused-ring (bicyclic) bond motifs is 1. The van der Waals surface area contributed by atoms with E-state index in [1.165, 1.54) is 16.7 Å². The Morgan fingerprint density at radius 1 is 0.933 bits per heavy atom.